The molecule has 0 N–H and O–H groups in total. The third-order valence-electron chi connectivity index (χ3n) is 4.66. The minimum absolute atomic E-state index is 0.796. The van der Waals surface area contributed by atoms with Crippen molar-refractivity contribution in [3.63, 3.8) is 0 Å². The molecule has 2 heterocycles. The topological polar surface area (TPSA) is 35.0 Å². The molecule has 0 aliphatic heterocycles. The van der Waals surface area contributed by atoms with Crippen LogP contribution in [0, 0.1) is 6.92 Å². The largest absolute Gasteiger partial charge is 0.496 e. The van der Waals surface area contributed by atoms with Gasteiger partial charge in [0.25, 0.3) is 0 Å². The molecule has 2 aromatic carbocycles. The number of methoxy groups -OCH3 is 1. The molecule has 4 aromatic rings. The summed E-state index contributed by atoms with van der Waals surface area (Å²) in [5, 5.41) is 5.23. The fourth-order valence-corrected chi connectivity index (χ4v) is 4.70. The molecule has 136 valence electrons. The molecule has 0 spiro atoms. The van der Waals surface area contributed by atoms with Crippen molar-refractivity contribution in [3.05, 3.63) is 64.4 Å². The van der Waals surface area contributed by atoms with Crippen LogP contribution in [-0.4, -0.2) is 16.5 Å². The van der Waals surface area contributed by atoms with Crippen LogP contribution in [0.25, 0.3) is 33.1 Å². The van der Waals surface area contributed by atoms with Gasteiger partial charge in [0.15, 0.2) is 5.82 Å². The highest BCUT2D eigenvalue weighted by atomic mass is 32.1. The normalized spacial score (nSPS) is 10.9. The molecular weight excluding hydrogens is 372 g/mol. The van der Waals surface area contributed by atoms with Gasteiger partial charge in [-0.05, 0) is 64.5 Å². The quantitative estimate of drug-likeness (QED) is 0.390. The van der Waals surface area contributed by atoms with Gasteiger partial charge in [-0.2, -0.15) is 15.7 Å². The Morgan fingerprint density at radius 2 is 1.85 bits per heavy atom. The van der Waals surface area contributed by atoms with Crippen molar-refractivity contribution in [2.24, 2.45) is 0 Å². The lowest BCUT2D eigenvalue weighted by Gasteiger charge is -2.09. The Hall–Kier alpha value is -2.50. The number of ether oxygens (including phenoxy) is 1. The number of rotatable bonds is 5. The van der Waals surface area contributed by atoms with Gasteiger partial charge in [-0.3, -0.25) is 0 Å². The Bertz CT molecular complexity index is 1080. The van der Waals surface area contributed by atoms with E-state index in [-0.39, 0.29) is 0 Å². The monoisotopic (exact) mass is 392 g/mol. The molecule has 3 nitrogen and oxygen atoms in total. The standard InChI is InChI=1S/C22H20N2OS2/c1-4-15-7-5-6-8-17(15)21-23-22(27-24-21)16-9-10-18(20(11-16)25-3)19-13-26-12-14(19)2/h5-13H,4H2,1-3H3. The van der Waals surface area contributed by atoms with E-state index in [0.717, 1.165) is 39.7 Å². The zero-order chi connectivity index (χ0) is 18.8. The molecule has 0 amide bonds. The highest BCUT2D eigenvalue weighted by Gasteiger charge is 2.15. The molecular formula is C22H20N2OS2. The zero-order valence-corrected chi connectivity index (χ0v) is 17.2. The molecule has 2 aromatic heterocycles. The predicted molar refractivity (Wildman–Crippen MR) is 115 cm³/mol. The molecule has 0 unspecified atom stereocenters. The van der Waals surface area contributed by atoms with Crippen molar-refractivity contribution in [1.29, 1.82) is 0 Å². The first kappa shape index (κ1) is 17.9. The molecule has 27 heavy (non-hydrogen) atoms. The van der Waals surface area contributed by atoms with E-state index in [0.29, 0.717) is 0 Å². The Morgan fingerprint density at radius 3 is 2.59 bits per heavy atom. The summed E-state index contributed by atoms with van der Waals surface area (Å²) in [7, 11) is 1.72. The van der Waals surface area contributed by atoms with Crippen molar-refractivity contribution >= 4 is 22.9 Å². The highest BCUT2D eigenvalue weighted by Crippen LogP contribution is 2.38. The number of thiophene rings is 1. The molecule has 0 saturated heterocycles. The molecule has 0 fully saturated rings. The molecule has 0 aliphatic rings. The van der Waals surface area contributed by atoms with Crippen LogP contribution in [0.2, 0.25) is 0 Å². The van der Waals surface area contributed by atoms with E-state index in [9.17, 15) is 0 Å². The Kier molecular flexibility index (Phi) is 5.05. The van der Waals surface area contributed by atoms with Crippen molar-refractivity contribution in [1.82, 2.24) is 9.36 Å². The SMILES string of the molecule is CCc1ccccc1-c1nsc(-c2ccc(-c3cscc3C)c(OC)c2)n1. The van der Waals surface area contributed by atoms with Crippen LogP contribution in [0.4, 0.5) is 0 Å². The van der Waals surface area contributed by atoms with Gasteiger partial charge in [-0.1, -0.05) is 37.3 Å². The number of hydrogen-bond donors (Lipinski definition) is 0. The van der Waals surface area contributed by atoms with Gasteiger partial charge in [0.2, 0.25) is 0 Å². The second kappa shape index (κ2) is 7.62. The van der Waals surface area contributed by atoms with Gasteiger partial charge in [0, 0.05) is 16.7 Å². The number of nitrogens with zero attached hydrogens (tertiary/aromatic N) is 2. The van der Waals surface area contributed by atoms with Gasteiger partial charge in [-0.25, -0.2) is 4.98 Å². The van der Waals surface area contributed by atoms with Gasteiger partial charge >= 0.3 is 0 Å². The molecule has 0 aliphatic carbocycles. The summed E-state index contributed by atoms with van der Waals surface area (Å²) in [6.45, 7) is 4.28. The summed E-state index contributed by atoms with van der Waals surface area (Å²) in [4.78, 5) is 4.80. The summed E-state index contributed by atoms with van der Waals surface area (Å²) in [6, 6.07) is 14.6. The Labute approximate surface area is 167 Å². The molecule has 0 bridgehead atoms. The molecule has 0 atom stereocenters. The van der Waals surface area contributed by atoms with Crippen molar-refractivity contribution < 1.29 is 4.74 Å². The lowest BCUT2D eigenvalue weighted by atomic mass is 10.0. The van der Waals surface area contributed by atoms with Crippen LogP contribution in [0.5, 0.6) is 5.75 Å². The third kappa shape index (κ3) is 3.40. The average molecular weight is 393 g/mol. The first-order valence-electron chi connectivity index (χ1n) is 8.84. The van der Waals surface area contributed by atoms with E-state index in [1.165, 1.54) is 28.2 Å². The fraction of sp³-hybridized carbons (Fsp3) is 0.182. The summed E-state index contributed by atoms with van der Waals surface area (Å²) in [6.07, 6.45) is 0.966. The number of aromatic nitrogens is 2. The second-order valence-corrected chi connectivity index (χ2v) is 7.81. The Balaban J connectivity index is 1.73. The van der Waals surface area contributed by atoms with Gasteiger partial charge < -0.3 is 4.74 Å². The van der Waals surface area contributed by atoms with Crippen molar-refractivity contribution in [2.75, 3.05) is 7.11 Å². The highest BCUT2D eigenvalue weighted by molar-refractivity contribution is 7.09. The van der Waals surface area contributed by atoms with E-state index in [1.54, 1.807) is 18.4 Å². The van der Waals surface area contributed by atoms with Gasteiger partial charge in [0.05, 0.1) is 7.11 Å². The van der Waals surface area contributed by atoms with Gasteiger partial charge in [0.1, 0.15) is 10.8 Å². The minimum atomic E-state index is 0.796. The van der Waals surface area contributed by atoms with Crippen molar-refractivity contribution in [2.45, 2.75) is 20.3 Å². The minimum Gasteiger partial charge on any atom is -0.496 e. The average Bonchev–Trinajstić information content (AvgIpc) is 3.36. The number of benzene rings is 2. The molecule has 0 radical (unpaired) electrons. The maximum atomic E-state index is 5.68. The first-order chi connectivity index (χ1) is 13.2. The lowest BCUT2D eigenvalue weighted by Crippen LogP contribution is -1.90. The smallest absolute Gasteiger partial charge is 0.173 e. The Morgan fingerprint density at radius 1 is 1.00 bits per heavy atom. The van der Waals surface area contributed by atoms with Crippen LogP contribution in [0.1, 0.15) is 18.1 Å². The number of hydrogen-bond acceptors (Lipinski definition) is 5. The van der Waals surface area contributed by atoms with Crippen molar-refractivity contribution in [3.8, 4) is 38.8 Å². The summed E-state index contributed by atoms with van der Waals surface area (Å²) in [5.41, 5.74) is 7.00. The maximum Gasteiger partial charge on any atom is 0.173 e. The maximum absolute atomic E-state index is 5.68. The van der Waals surface area contributed by atoms with E-state index < -0.39 is 0 Å². The number of aryl methyl sites for hydroxylation is 2. The summed E-state index contributed by atoms with van der Waals surface area (Å²) >= 11 is 3.14. The van der Waals surface area contributed by atoms with E-state index in [2.05, 4.69) is 65.4 Å². The molecule has 5 heteroatoms. The lowest BCUT2D eigenvalue weighted by molar-refractivity contribution is 0.416. The third-order valence-corrected chi connectivity index (χ3v) is 6.28. The van der Waals surface area contributed by atoms with Crippen LogP contribution in [0.3, 0.4) is 0 Å². The van der Waals surface area contributed by atoms with Gasteiger partial charge in [-0.15, -0.1) is 0 Å². The molecule has 4 rings (SSSR count). The zero-order valence-electron chi connectivity index (χ0n) is 15.5. The van der Waals surface area contributed by atoms with E-state index in [4.69, 9.17) is 9.72 Å². The van der Waals surface area contributed by atoms with Crippen LogP contribution < -0.4 is 4.74 Å². The summed E-state index contributed by atoms with van der Waals surface area (Å²) < 4.78 is 10.3. The second-order valence-electron chi connectivity index (χ2n) is 6.32. The van der Waals surface area contributed by atoms with Crippen LogP contribution in [-0.2, 0) is 6.42 Å². The van der Waals surface area contributed by atoms with E-state index >= 15 is 0 Å². The first-order valence-corrected chi connectivity index (χ1v) is 10.6. The molecule has 0 saturated carbocycles. The van der Waals surface area contributed by atoms with Crippen LogP contribution >= 0.6 is 22.9 Å². The van der Waals surface area contributed by atoms with E-state index in [1.807, 2.05) is 6.07 Å². The summed E-state index contributed by atoms with van der Waals surface area (Å²) in [5.74, 6) is 1.66. The fourth-order valence-electron chi connectivity index (χ4n) is 3.18. The predicted octanol–water partition coefficient (Wildman–Crippen LogP) is 6.48. The van der Waals surface area contributed by atoms with Crippen LogP contribution in [0.15, 0.2) is 53.2 Å².